The smallest absolute Gasteiger partial charge is 0.316 e. The summed E-state index contributed by atoms with van der Waals surface area (Å²) in [5, 5.41) is 0. The van der Waals surface area contributed by atoms with Crippen LogP contribution in [0.15, 0.2) is 54.6 Å². The first-order valence-electron chi connectivity index (χ1n) is 4.14. The second-order valence-corrected chi connectivity index (χ2v) is 2.65. The molecule has 2 rings (SSSR count). The Balaban J connectivity index is 0.000000980. The Morgan fingerprint density at radius 1 is 0.786 bits per heavy atom. The maximum atomic E-state index is 5.56. The number of hydrogen-bond donors (Lipinski definition) is 0. The first kappa shape index (κ1) is 11.1. The van der Waals surface area contributed by atoms with E-state index in [4.69, 9.17) is 4.74 Å². The molecular formula is C12H11MgO. The molecule has 2 aromatic carbocycles. The molecule has 0 aromatic heterocycles. The second kappa shape index (κ2) is 5.68. The highest BCUT2D eigenvalue weighted by atomic mass is 24.3. The van der Waals surface area contributed by atoms with E-state index < -0.39 is 0 Å². The fraction of sp³-hybridized carbons (Fsp3) is 0. The molecule has 0 unspecified atom stereocenters. The molecule has 2 heteroatoms. The summed E-state index contributed by atoms with van der Waals surface area (Å²) in [6.07, 6.45) is 0. The van der Waals surface area contributed by atoms with E-state index in [9.17, 15) is 0 Å². The average molecular weight is 196 g/mol. The van der Waals surface area contributed by atoms with Crippen molar-refractivity contribution in [3.8, 4) is 11.5 Å². The third-order valence-corrected chi connectivity index (χ3v) is 1.67. The molecule has 0 atom stereocenters. The van der Waals surface area contributed by atoms with Gasteiger partial charge in [0.15, 0.2) is 0 Å². The van der Waals surface area contributed by atoms with E-state index in [1.54, 1.807) is 0 Å². The minimum atomic E-state index is 0. The van der Waals surface area contributed by atoms with Crippen LogP contribution in [0.3, 0.4) is 0 Å². The zero-order valence-corrected chi connectivity index (χ0v) is 7.10. The summed E-state index contributed by atoms with van der Waals surface area (Å²) in [5.74, 6) is 1.69. The first-order valence-corrected chi connectivity index (χ1v) is 4.14. The number of ether oxygens (including phenoxy) is 1. The van der Waals surface area contributed by atoms with Gasteiger partial charge in [0.1, 0.15) is 11.5 Å². The summed E-state index contributed by atoms with van der Waals surface area (Å²) in [5.41, 5.74) is 0. The lowest BCUT2D eigenvalue weighted by Crippen LogP contribution is -1.81. The van der Waals surface area contributed by atoms with Crippen LogP contribution in [0.5, 0.6) is 11.5 Å². The predicted molar refractivity (Wildman–Crippen MR) is 60.3 cm³/mol. The summed E-state index contributed by atoms with van der Waals surface area (Å²) in [6, 6.07) is 20.1. The van der Waals surface area contributed by atoms with Crippen molar-refractivity contribution in [2.75, 3.05) is 0 Å². The lowest BCUT2D eigenvalue weighted by atomic mass is 10.3. The van der Waals surface area contributed by atoms with Crippen molar-refractivity contribution >= 4 is 23.1 Å². The normalized spacial score (nSPS) is 8.86. The van der Waals surface area contributed by atoms with Crippen molar-refractivity contribution in [3.63, 3.8) is 0 Å². The molecule has 0 aliphatic rings. The van der Waals surface area contributed by atoms with Crippen LogP contribution in [0, 0.1) is 6.07 Å². The molecule has 0 aliphatic carbocycles. The predicted octanol–water partition coefficient (Wildman–Crippen LogP) is 2.36. The van der Waals surface area contributed by atoms with Crippen molar-refractivity contribution in [1.29, 1.82) is 0 Å². The minimum Gasteiger partial charge on any atom is -0.457 e. The van der Waals surface area contributed by atoms with Gasteiger partial charge in [0.2, 0.25) is 0 Å². The summed E-state index contributed by atoms with van der Waals surface area (Å²) >= 11 is 0. The quantitative estimate of drug-likeness (QED) is 0.669. The fourth-order valence-corrected chi connectivity index (χ4v) is 1.06. The van der Waals surface area contributed by atoms with Gasteiger partial charge in [-0.05, 0) is 30.3 Å². The summed E-state index contributed by atoms with van der Waals surface area (Å²) < 4.78 is 5.56. The van der Waals surface area contributed by atoms with Gasteiger partial charge in [-0.15, -0.1) is 0 Å². The van der Waals surface area contributed by atoms with Crippen LogP contribution in [-0.2, 0) is 0 Å². The molecule has 1 nitrogen and oxygen atoms in total. The van der Waals surface area contributed by atoms with Gasteiger partial charge in [0, 0.05) is 0 Å². The van der Waals surface area contributed by atoms with Crippen LogP contribution in [0.2, 0.25) is 0 Å². The number of para-hydroxylation sites is 1. The lowest BCUT2D eigenvalue weighted by molar-refractivity contribution is 0.482. The zero-order chi connectivity index (χ0) is 8.93. The van der Waals surface area contributed by atoms with Gasteiger partial charge in [-0.3, -0.25) is 0 Å². The van der Waals surface area contributed by atoms with Gasteiger partial charge in [0.25, 0.3) is 0 Å². The summed E-state index contributed by atoms with van der Waals surface area (Å²) in [4.78, 5) is 0. The fourth-order valence-electron chi connectivity index (χ4n) is 1.06. The lowest BCUT2D eigenvalue weighted by Gasteiger charge is -2.03. The van der Waals surface area contributed by atoms with Crippen LogP contribution in [-0.4, -0.2) is 23.1 Å². The van der Waals surface area contributed by atoms with Gasteiger partial charge in [-0.25, -0.2) is 0 Å². The van der Waals surface area contributed by atoms with Crippen LogP contribution in [0.25, 0.3) is 0 Å². The molecular weight excluding hydrogens is 184 g/mol. The highest BCUT2D eigenvalue weighted by Gasteiger charge is 1.92. The minimum absolute atomic E-state index is 0. The van der Waals surface area contributed by atoms with Crippen molar-refractivity contribution in [2.24, 2.45) is 0 Å². The van der Waals surface area contributed by atoms with E-state index in [2.05, 4.69) is 6.07 Å². The van der Waals surface area contributed by atoms with Crippen LogP contribution < -0.4 is 4.74 Å². The van der Waals surface area contributed by atoms with E-state index >= 15 is 0 Å². The molecule has 67 valence electrons. The molecule has 0 aliphatic heterocycles. The maximum absolute atomic E-state index is 5.56. The van der Waals surface area contributed by atoms with E-state index in [1.807, 2.05) is 54.6 Å². The number of benzene rings is 2. The standard InChI is InChI=1S/C12H9O.Mg.2H/c1-3-7-11(8-4-1)13-12-9-5-2-6-10-12;;;/h1,3-10H;;;. The monoisotopic (exact) mass is 195 g/mol. The Kier molecular flexibility index (Phi) is 4.49. The molecule has 14 heavy (non-hydrogen) atoms. The van der Waals surface area contributed by atoms with Crippen LogP contribution in [0.1, 0.15) is 0 Å². The van der Waals surface area contributed by atoms with Crippen molar-refractivity contribution in [3.05, 3.63) is 60.7 Å². The highest BCUT2D eigenvalue weighted by Crippen LogP contribution is 2.19. The highest BCUT2D eigenvalue weighted by molar-refractivity contribution is 5.75. The molecule has 0 amide bonds. The molecule has 0 fully saturated rings. The Labute approximate surface area is 99.9 Å². The van der Waals surface area contributed by atoms with Gasteiger partial charge in [0.05, 0.1) is 0 Å². The Morgan fingerprint density at radius 3 is 2.00 bits per heavy atom. The molecule has 0 bridgehead atoms. The molecule has 0 saturated carbocycles. The molecule has 0 N–H and O–H groups in total. The largest absolute Gasteiger partial charge is 0.457 e. The molecule has 2 aromatic rings. The SMILES string of the molecule is [MgH2].[c]1ccc(Oc2ccccc2)cc1. The van der Waals surface area contributed by atoms with Crippen molar-refractivity contribution < 1.29 is 4.74 Å². The first-order chi connectivity index (χ1) is 6.45. The Morgan fingerprint density at radius 2 is 1.36 bits per heavy atom. The van der Waals surface area contributed by atoms with Crippen molar-refractivity contribution in [2.45, 2.75) is 0 Å². The van der Waals surface area contributed by atoms with Gasteiger partial charge in [-0.1, -0.05) is 30.3 Å². The zero-order valence-electron chi connectivity index (χ0n) is 7.10. The Hall–Kier alpha value is -0.994. The van der Waals surface area contributed by atoms with E-state index in [0.717, 1.165) is 11.5 Å². The topological polar surface area (TPSA) is 9.23 Å². The Bertz CT molecular complexity index is 321. The summed E-state index contributed by atoms with van der Waals surface area (Å²) in [7, 11) is 0. The third-order valence-electron chi connectivity index (χ3n) is 1.67. The van der Waals surface area contributed by atoms with Crippen LogP contribution >= 0.6 is 0 Å². The van der Waals surface area contributed by atoms with E-state index in [-0.39, 0.29) is 23.1 Å². The molecule has 0 heterocycles. The number of rotatable bonds is 2. The van der Waals surface area contributed by atoms with Gasteiger partial charge < -0.3 is 4.74 Å². The average Bonchev–Trinajstić information content (AvgIpc) is 2.21. The van der Waals surface area contributed by atoms with Gasteiger partial charge >= 0.3 is 23.1 Å². The third kappa shape index (κ3) is 3.05. The van der Waals surface area contributed by atoms with Gasteiger partial charge in [-0.2, -0.15) is 0 Å². The van der Waals surface area contributed by atoms with E-state index in [0.29, 0.717) is 0 Å². The summed E-state index contributed by atoms with van der Waals surface area (Å²) in [6.45, 7) is 0. The van der Waals surface area contributed by atoms with Crippen LogP contribution in [0.4, 0.5) is 0 Å². The molecule has 1 radical (unpaired) electrons. The van der Waals surface area contributed by atoms with E-state index in [1.165, 1.54) is 0 Å². The second-order valence-electron chi connectivity index (χ2n) is 2.65. The molecule has 0 saturated heterocycles. The maximum Gasteiger partial charge on any atom is 0.316 e. The van der Waals surface area contributed by atoms with Crippen molar-refractivity contribution in [1.82, 2.24) is 0 Å². The molecule has 0 spiro atoms. The number of hydrogen-bond acceptors (Lipinski definition) is 1.